The van der Waals surface area contributed by atoms with Crippen LogP contribution in [-0.4, -0.2) is 73.2 Å². The fourth-order valence-electron chi connectivity index (χ4n) is 4.92. The first-order chi connectivity index (χ1) is 19.4. The van der Waals surface area contributed by atoms with Gasteiger partial charge in [-0.25, -0.2) is 4.79 Å². The molecular weight excluding hydrogens is 544 g/mol. The molecule has 4 amide bonds. The maximum Gasteiger partial charge on any atom is 0.410 e. The van der Waals surface area contributed by atoms with Crippen molar-refractivity contribution in [2.75, 3.05) is 43.1 Å². The molecule has 0 aliphatic carbocycles. The van der Waals surface area contributed by atoms with Crippen LogP contribution in [-0.2, 0) is 19.1 Å². The van der Waals surface area contributed by atoms with Crippen LogP contribution in [0, 0.1) is 25.2 Å². The van der Waals surface area contributed by atoms with E-state index in [0.29, 0.717) is 54.5 Å². The zero-order valence-electron chi connectivity index (χ0n) is 23.8. The van der Waals surface area contributed by atoms with Crippen LogP contribution in [0.1, 0.15) is 53.7 Å². The van der Waals surface area contributed by atoms with Crippen molar-refractivity contribution in [1.29, 1.82) is 0 Å². The number of amides is 4. The topological polar surface area (TPSA) is 117 Å². The molecule has 1 unspecified atom stereocenters. The van der Waals surface area contributed by atoms with Gasteiger partial charge in [0.05, 0.1) is 16.4 Å². The fraction of sp³-hybridized carbons (Fsp3) is 0.467. The molecule has 3 heterocycles. The van der Waals surface area contributed by atoms with Gasteiger partial charge in [0.1, 0.15) is 18.2 Å². The quantitative estimate of drug-likeness (QED) is 0.503. The van der Waals surface area contributed by atoms with E-state index in [1.54, 1.807) is 40.1 Å². The number of anilines is 2. The van der Waals surface area contributed by atoms with Crippen LogP contribution in [0.15, 0.2) is 30.3 Å². The Balaban J connectivity index is 1.49. The first-order valence-electron chi connectivity index (χ1n) is 13.6. The Labute approximate surface area is 244 Å². The van der Waals surface area contributed by atoms with E-state index in [1.807, 2.05) is 27.7 Å². The Morgan fingerprint density at radius 2 is 1.88 bits per heavy atom. The van der Waals surface area contributed by atoms with Crippen molar-refractivity contribution < 1.29 is 28.7 Å². The van der Waals surface area contributed by atoms with Gasteiger partial charge in [0.2, 0.25) is 5.91 Å². The molecule has 4 rings (SSSR count). The van der Waals surface area contributed by atoms with Crippen LogP contribution in [0.5, 0.6) is 0 Å². The molecule has 1 aromatic carbocycles. The standard InChI is InChI=1S/C30H36N4O6S/c1-6-22-8-10-24(41-22)27(36)32-26(20-11-13-33(14-12-20)29(38)40-30(3,4)5)28(37)31-21-7-9-23(19(2)17-21)34-15-16-39-18-25(34)35/h1,7-10,17,20,26H,11-16,18H2,2-5H3,(H,31,37)(H,32,36). The van der Waals surface area contributed by atoms with Crippen molar-refractivity contribution in [2.45, 2.75) is 52.2 Å². The number of benzene rings is 1. The summed E-state index contributed by atoms with van der Waals surface area (Å²) in [6.45, 7) is 9.10. The second-order valence-electron chi connectivity index (χ2n) is 11.2. The second-order valence-corrected chi connectivity index (χ2v) is 12.2. The number of piperidine rings is 1. The third-order valence-corrected chi connectivity index (χ3v) is 7.96. The first-order valence-corrected chi connectivity index (χ1v) is 14.4. The van der Waals surface area contributed by atoms with Gasteiger partial charge >= 0.3 is 6.09 Å². The number of morpholine rings is 1. The third kappa shape index (κ3) is 7.65. The number of hydrogen-bond donors (Lipinski definition) is 2. The predicted molar refractivity (Wildman–Crippen MR) is 157 cm³/mol. The number of carbonyl (C=O) groups excluding carboxylic acids is 4. The summed E-state index contributed by atoms with van der Waals surface area (Å²) in [5, 5.41) is 5.86. The van der Waals surface area contributed by atoms with Gasteiger partial charge in [0.25, 0.3) is 11.8 Å². The molecule has 2 fully saturated rings. The molecule has 1 atom stereocenters. The molecule has 2 aliphatic rings. The van der Waals surface area contributed by atoms with Gasteiger partial charge in [0.15, 0.2) is 0 Å². The lowest BCUT2D eigenvalue weighted by Gasteiger charge is -2.36. The number of hydrogen-bond acceptors (Lipinski definition) is 7. The number of ether oxygens (including phenoxy) is 2. The van der Waals surface area contributed by atoms with E-state index in [2.05, 4.69) is 16.6 Å². The summed E-state index contributed by atoms with van der Waals surface area (Å²) in [6, 6.07) is 7.83. The van der Waals surface area contributed by atoms with Crippen molar-refractivity contribution in [1.82, 2.24) is 10.2 Å². The molecule has 0 radical (unpaired) electrons. The van der Waals surface area contributed by atoms with Crippen molar-refractivity contribution in [3.63, 3.8) is 0 Å². The molecule has 41 heavy (non-hydrogen) atoms. The van der Waals surface area contributed by atoms with Crippen molar-refractivity contribution >= 4 is 46.5 Å². The molecule has 2 N–H and O–H groups in total. The Bertz CT molecular complexity index is 1350. The van der Waals surface area contributed by atoms with Crippen LogP contribution in [0.25, 0.3) is 0 Å². The van der Waals surface area contributed by atoms with E-state index < -0.39 is 17.7 Å². The minimum Gasteiger partial charge on any atom is -0.444 e. The Kier molecular flexibility index (Phi) is 9.35. The zero-order chi connectivity index (χ0) is 29.7. The van der Waals surface area contributed by atoms with Gasteiger partial charge in [-0.1, -0.05) is 5.92 Å². The third-order valence-electron chi connectivity index (χ3n) is 6.94. The molecule has 10 nitrogen and oxygen atoms in total. The van der Waals surface area contributed by atoms with Crippen molar-refractivity contribution in [3.05, 3.63) is 45.6 Å². The number of nitrogens with one attached hydrogen (secondary N) is 2. The van der Waals surface area contributed by atoms with Gasteiger partial charge < -0.3 is 29.9 Å². The highest BCUT2D eigenvalue weighted by Crippen LogP contribution is 2.27. The lowest BCUT2D eigenvalue weighted by molar-refractivity contribution is -0.125. The molecule has 11 heteroatoms. The van der Waals surface area contributed by atoms with E-state index in [1.165, 1.54) is 11.3 Å². The van der Waals surface area contributed by atoms with Gasteiger partial charge in [-0.2, -0.15) is 0 Å². The number of likely N-dealkylation sites (tertiary alicyclic amines) is 1. The highest BCUT2D eigenvalue weighted by Gasteiger charge is 2.35. The van der Waals surface area contributed by atoms with E-state index in [0.717, 1.165) is 11.3 Å². The molecule has 2 aliphatic heterocycles. The van der Waals surface area contributed by atoms with Crippen molar-refractivity contribution in [2.24, 2.45) is 5.92 Å². The van der Waals surface area contributed by atoms with Crippen LogP contribution in [0.3, 0.4) is 0 Å². The normalized spacial score (nSPS) is 17.0. The molecule has 1 aromatic heterocycles. The second kappa shape index (κ2) is 12.7. The summed E-state index contributed by atoms with van der Waals surface area (Å²) in [4.78, 5) is 56.0. The maximum absolute atomic E-state index is 13.7. The minimum absolute atomic E-state index is 0.0408. The highest BCUT2D eigenvalue weighted by molar-refractivity contribution is 7.14. The van der Waals surface area contributed by atoms with E-state index >= 15 is 0 Å². The summed E-state index contributed by atoms with van der Waals surface area (Å²) in [5.74, 6) is 1.45. The average molecular weight is 581 g/mol. The van der Waals surface area contributed by atoms with Crippen molar-refractivity contribution in [3.8, 4) is 12.3 Å². The fourth-order valence-corrected chi connectivity index (χ4v) is 5.64. The minimum atomic E-state index is -0.847. The largest absolute Gasteiger partial charge is 0.444 e. The molecule has 2 saturated heterocycles. The van der Waals surface area contributed by atoms with E-state index in [9.17, 15) is 19.2 Å². The molecular formula is C30H36N4O6S. The molecule has 0 spiro atoms. The van der Waals surface area contributed by atoms with E-state index in [-0.39, 0.29) is 30.2 Å². The lowest BCUT2D eigenvalue weighted by Crippen LogP contribution is -2.52. The number of terminal acetylenes is 1. The summed E-state index contributed by atoms with van der Waals surface area (Å²) in [7, 11) is 0. The summed E-state index contributed by atoms with van der Waals surface area (Å²) in [6.07, 6.45) is 6.09. The van der Waals surface area contributed by atoms with E-state index in [4.69, 9.17) is 15.9 Å². The summed E-state index contributed by atoms with van der Waals surface area (Å²) in [5.41, 5.74) is 1.53. The van der Waals surface area contributed by atoms with Gasteiger partial charge in [-0.05, 0) is 82.3 Å². The Hall–Kier alpha value is -3.88. The Morgan fingerprint density at radius 3 is 2.49 bits per heavy atom. The Morgan fingerprint density at radius 1 is 1.15 bits per heavy atom. The SMILES string of the molecule is C#Cc1ccc(C(=O)NC(C(=O)Nc2ccc(N3CCOCC3=O)c(C)c2)C2CCN(C(=O)OC(C)(C)C)CC2)s1. The molecule has 218 valence electrons. The smallest absolute Gasteiger partial charge is 0.410 e. The zero-order valence-corrected chi connectivity index (χ0v) is 24.6. The highest BCUT2D eigenvalue weighted by atomic mass is 32.1. The summed E-state index contributed by atoms with van der Waals surface area (Å²) < 4.78 is 10.7. The first kappa shape index (κ1) is 30.1. The van der Waals surface area contributed by atoms with Crippen LogP contribution >= 0.6 is 11.3 Å². The molecule has 2 aromatic rings. The van der Waals surface area contributed by atoms with Gasteiger partial charge in [-0.15, -0.1) is 17.8 Å². The van der Waals surface area contributed by atoms with Crippen LogP contribution in [0.4, 0.5) is 16.2 Å². The van der Waals surface area contributed by atoms with Crippen LogP contribution in [0.2, 0.25) is 0 Å². The monoisotopic (exact) mass is 580 g/mol. The number of carbonyl (C=O) groups is 4. The molecule has 0 saturated carbocycles. The molecule has 0 bridgehead atoms. The number of rotatable bonds is 6. The summed E-state index contributed by atoms with van der Waals surface area (Å²) >= 11 is 1.18. The van der Waals surface area contributed by atoms with Crippen LogP contribution < -0.4 is 15.5 Å². The number of aryl methyl sites for hydroxylation is 1. The lowest BCUT2D eigenvalue weighted by atomic mass is 9.88. The van der Waals surface area contributed by atoms with Gasteiger partial charge in [-0.3, -0.25) is 14.4 Å². The number of nitrogens with zero attached hydrogens (tertiary/aromatic N) is 2. The van der Waals surface area contributed by atoms with Gasteiger partial charge in [0, 0.05) is 31.0 Å². The maximum atomic E-state index is 13.7. The average Bonchev–Trinajstić information content (AvgIpc) is 3.41. The predicted octanol–water partition coefficient (Wildman–Crippen LogP) is 3.79. The number of thiophene rings is 1.